The summed E-state index contributed by atoms with van der Waals surface area (Å²) in [5, 5.41) is 16.7. The van der Waals surface area contributed by atoms with Gasteiger partial charge in [0.25, 0.3) is 0 Å². The maximum Gasteiger partial charge on any atom is 0.244 e. The fourth-order valence-electron chi connectivity index (χ4n) is 3.24. The molecular formula is C20H15FN4O2. The van der Waals surface area contributed by atoms with E-state index in [1.165, 1.54) is 6.07 Å². The van der Waals surface area contributed by atoms with Gasteiger partial charge in [-0.05, 0) is 30.3 Å². The molecule has 3 N–H and O–H groups in total. The molecular weight excluding hydrogens is 347 g/mol. The van der Waals surface area contributed by atoms with Gasteiger partial charge < -0.3 is 15.2 Å². The van der Waals surface area contributed by atoms with E-state index in [4.69, 9.17) is 15.2 Å². The lowest BCUT2D eigenvalue weighted by atomic mass is 9.83. The van der Waals surface area contributed by atoms with Gasteiger partial charge in [-0.3, -0.25) is 5.10 Å². The first-order chi connectivity index (χ1) is 13.1. The Labute approximate surface area is 154 Å². The zero-order valence-electron chi connectivity index (χ0n) is 14.4. The molecule has 4 rings (SSSR count). The Kier molecular flexibility index (Phi) is 4.01. The van der Waals surface area contributed by atoms with Gasteiger partial charge in [-0.25, -0.2) is 4.39 Å². The molecule has 3 aromatic rings. The number of methoxy groups -OCH3 is 1. The van der Waals surface area contributed by atoms with Crippen LogP contribution in [0.15, 0.2) is 60.0 Å². The van der Waals surface area contributed by atoms with Crippen molar-refractivity contribution in [2.45, 2.75) is 5.92 Å². The molecule has 0 spiro atoms. The van der Waals surface area contributed by atoms with Crippen LogP contribution in [0.3, 0.4) is 0 Å². The molecule has 1 aliphatic rings. The minimum atomic E-state index is -0.726. The quantitative estimate of drug-likeness (QED) is 0.744. The van der Waals surface area contributed by atoms with Gasteiger partial charge in [0, 0.05) is 11.1 Å². The van der Waals surface area contributed by atoms with Crippen LogP contribution in [0, 0.1) is 17.1 Å². The lowest BCUT2D eigenvalue weighted by Crippen LogP contribution is -2.21. The molecule has 0 radical (unpaired) electrons. The van der Waals surface area contributed by atoms with Crippen LogP contribution in [0.25, 0.3) is 11.3 Å². The molecule has 1 atom stereocenters. The van der Waals surface area contributed by atoms with Crippen LogP contribution in [0.5, 0.6) is 11.6 Å². The van der Waals surface area contributed by atoms with Gasteiger partial charge in [-0.15, -0.1) is 5.10 Å². The Morgan fingerprint density at radius 1 is 1.22 bits per heavy atom. The van der Waals surface area contributed by atoms with Crippen LogP contribution < -0.4 is 15.2 Å². The summed E-state index contributed by atoms with van der Waals surface area (Å²) < 4.78 is 25.3. The van der Waals surface area contributed by atoms with Crippen molar-refractivity contribution in [3.05, 3.63) is 76.9 Å². The van der Waals surface area contributed by atoms with Crippen LogP contribution in [-0.2, 0) is 0 Å². The number of hydrogen-bond acceptors (Lipinski definition) is 5. The molecule has 0 amide bonds. The normalized spacial score (nSPS) is 15.7. The largest absolute Gasteiger partial charge is 0.497 e. The van der Waals surface area contributed by atoms with Gasteiger partial charge in [-0.2, -0.15) is 5.26 Å². The van der Waals surface area contributed by atoms with E-state index in [0.717, 1.165) is 5.56 Å². The molecule has 6 nitrogen and oxygen atoms in total. The molecule has 0 unspecified atom stereocenters. The Hall–Kier alpha value is -3.79. The molecule has 1 aliphatic heterocycles. The average molecular weight is 362 g/mol. The lowest BCUT2D eigenvalue weighted by Gasteiger charge is -2.24. The summed E-state index contributed by atoms with van der Waals surface area (Å²) in [6, 6.07) is 15.6. The summed E-state index contributed by atoms with van der Waals surface area (Å²) in [6.45, 7) is 0. The number of nitrogens with zero attached hydrogens (tertiary/aromatic N) is 2. The number of allylic oxidation sites excluding steroid dienone is 1. The van der Waals surface area contributed by atoms with Crippen molar-refractivity contribution in [3.8, 4) is 29.0 Å². The van der Waals surface area contributed by atoms with Crippen LogP contribution in [-0.4, -0.2) is 17.3 Å². The summed E-state index contributed by atoms with van der Waals surface area (Å²) >= 11 is 0. The number of aromatic amines is 1. The average Bonchev–Trinajstić information content (AvgIpc) is 3.11. The second kappa shape index (κ2) is 6.50. The van der Waals surface area contributed by atoms with Gasteiger partial charge in [0.1, 0.15) is 23.2 Å². The molecule has 1 aromatic heterocycles. The fourth-order valence-corrected chi connectivity index (χ4v) is 3.24. The number of nitrogens with one attached hydrogen (secondary N) is 1. The first-order valence-corrected chi connectivity index (χ1v) is 8.18. The van der Waals surface area contributed by atoms with E-state index in [2.05, 4.69) is 16.3 Å². The van der Waals surface area contributed by atoms with Gasteiger partial charge in [-0.1, -0.05) is 18.2 Å². The van der Waals surface area contributed by atoms with E-state index >= 15 is 0 Å². The van der Waals surface area contributed by atoms with E-state index in [9.17, 15) is 9.65 Å². The maximum absolute atomic E-state index is 14.6. The Balaban J connectivity index is 1.93. The zero-order valence-corrected chi connectivity index (χ0v) is 14.4. The highest BCUT2D eigenvalue weighted by Crippen LogP contribution is 2.46. The SMILES string of the molecule is COc1ccc(-c2[nH]nc3c2[C@H](c2ccccc2F)C(C#N)=C(N)O3)cc1. The number of H-pyrrole nitrogens is 1. The smallest absolute Gasteiger partial charge is 0.244 e. The van der Waals surface area contributed by atoms with Gasteiger partial charge in [0.2, 0.25) is 11.8 Å². The summed E-state index contributed by atoms with van der Waals surface area (Å²) in [5.41, 5.74) is 8.37. The summed E-state index contributed by atoms with van der Waals surface area (Å²) in [5.74, 6) is -0.305. The highest BCUT2D eigenvalue weighted by molar-refractivity contribution is 5.71. The van der Waals surface area contributed by atoms with Crippen molar-refractivity contribution < 1.29 is 13.9 Å². The van der Waals surface area contributed by atoms with Gasteiger partial charge >= 0.3 is 0 Å². The molecule has 2 heterocycles. The first kappa shape index (κ1) is 16.7. The van der Waals surface area contributed by atoms with Crippen LogP contribution in [0.1, 0.15) is 17.0 Å². The van der Waals surface area contributed by atoms with Crippen LogP contribution in [0.2, 0.25) is 0 Å². The number of benzene rings is 2. The van der Waals surface area contributed by atoms with E-state index in [1.807, 2.05) is 12.1 Å². The Bertz CT molecular complexity index is 1080. The van der Waals surface area contributed by atoms with Crippen molar-refractivity contribution in [3.63, 3.8) is 0 Å². The maximum atomic E-state index is 14.6. The molecule has 27 heavy (non-hydrogen) atoms. The third kappa shape index (κ3) is 2.68. The van der Waals surface area contributed by atoms with Crippen molar-refractivity contribution in [1.82, 2.24) is 10.2 Å². The van der Waals surface area contributed by atoms with E-state index in [-0.39, 0.29) is 17.3 Å². The van der Waals surface area contributed by atoms with Gasteiger partial charge in [0.15, 0.2) is 0 Å². The monoisotopic (exact) mass is 362 g/mol. The highest BCUT2D eigenvalue weighted by Gasteiger charge is 2.36. The molecule has 0 aliphatic carbocycles. The third-order valence-corrected chi connectivity index (χ3v) is 4.53. The minimum Gasteiger partial charge on any atom is -0.497 e. The number of halogens is 1. The molecule has 7 heteroatoms. The van der Waals surface area contributed by atoms with E-state index in [0.29, 0.717) is 22.6 Å². The topological polar surface area (TPSA) is 97.0 Å². The van der Waals surface area contributed by atoms with Crippen molar-refractivity contribution in [2.75, 3.05) is 7.11 Å². The van der Waals surface area contributed by atoms with E-state index in [1.54, 1.807) is 37.4 Å². The highest BCUT2D eigenvalue weighted by atomic mass is 19.1. The standard InChI is InChI=1S/C20H15FN4O2/c1-26-12-8-6-11(7-9-12)18-17-16(13-4-2-3-5-15(13)21)14(10-22)19(23)27-20(17)25-24-18/h2-9,16H,23H2,1H3,(H,24,25)/t16-/m1/s1. The number of nitrogens with two attached hydrogens (primary N) is 1. The molecule has 0 fully saturated rings. The van der Waals surface area contributed by atoms with E-state index < -0.39 is 11.7 Å². The number of ether oxygens (including phenoxy) is 2. The van der Waals surface area contributed by atoms with Crippen molar-refractivity contribution >= 4 is 0 Å². The Morgan fingerprint density at radius 3 is 2.63 bits per heavy atom. The molecule has 2 aromatic carbocycles. The fraction of sp³-hybridized carbons (Fsp3) is 0.100. The van der Waals surface area contributed by atoms with Crippen LogP contribution >= 0.6 is 0 Å². The van der Waals surface area contributed by atoms with Crippen molar-refractivity contribution in [1.29, 1.82) is 5.26 Å². The van der Waals surface area contributed by atoms with Crippen molar-refractivity contribution in [2.24, 2.45) is 5.73 Å². The lowest BCUT2D eigenvalue weighted by molar-refractivity contribution is 0.378. The Morgan fingerprint density at radius 2 is 1.96 bits per heavy atom. The molecule has 0 saturated carbocycles. The summed E-state index contributed by atoms with van der Waals surface area (Å²) in [4.78, 5) is 0. The number of rotatable bonds is 3. The number of hydrogen-bond donors (Lipinski definition) is 2. The predicted octanol–water partition coefficient (Wildman–Crippen LogP) is 3.44. The molecule has 0 bridgehead atoms. The predicted molar refractivity (Wildman–Crippen MR) is 96.3 cm³/mol. The van der Waals surface area contributed by atoms with Crippen LogP contribution in [0.4, 0.5) is 4.39 Å². The minimum absolute atomic E-state index is 0.0777. The first-order valence-electron chi connectivity index (χ1n) is 8.18. The number of aromatic nitrogens is 2. The number of nitriles is 1. The second-order valence-corrected chi connectivity index (χ2v) is 5.99. The summed E-state index contributed by atoms with van der Waals surface area (Å²) in [6.07, 6.45) is 0. The third-order valence-electron chi connectivity index (χ3n) is 4.53. The molecule has 0 saturated heterocycles. The summed E-state index contributed by atoms with van der Waals surface area (Å²) in [7, 11) is 1.59. The molecule has 134 valence electrons. The number of fused-ring (bicyclic) bond motifs is 1. The van der Waals surface area contributed by atoms with Gasteiger partial charge in [0.05, 0.1) is 24.3 Å². The zero-order chi connectivity index (χ0) is 19.0. The second-order valence-electron chi connectivity index (χ2n) is 5.99.